The molecule has 1 unspecified atom stereocenters. The number of allylic oxidation sites excluding steroid dienone is 1. The highest BCUT2D eigenvalue weighted by molar-refractivity contribution is 7.10. The fraction of sp³-hybridized carbons (Fsp3) is 0.0741. The fourth-order valence-electron chi connectivity index (χ4n) is 4.01. The van der Waals surface area contributed by atoms with Crippen molar-refractivity contribution in [3.8, 4) is 17.2 Å². The maximum absolute atomic E-state index is 13.7. The third kappa shape index (κ3) is 3.66. The van der Waals surface area contributed by atoms with Crippen LogP contribution in [0.25, 0.3) is 6.08 Å². The molecule has 0 saturated heterocycles. The Morgan fingerprint density at radius 1 is 0.839 bits per heavy atom. The molecule has 4 aromatic rings. The van der Waals surface area contributed by atoms with E-state index in [-0.39, 0.29) is 11.7 Å². The molecular formula is C27H20O3S. The molecule has 1 atom stereocenters. The van der Waals surface area contributed by atoms with Crippen LogP contribution < -0.4 is 9.47 Å². The van der Waals surface area contributed by atoms with Crippen molar-refractivity contribution in [2.24, 2.45) is 0 Å². The number of Topliss-reactive ketones (excluding diaryl/α,β-unsaturated/α-hetero) is 1. The Bertz CT molecular complexity index is 1240. The Balaban J connectivity index is 1.62. The van der Waals surface area contributed by atoms with Gasteiger partial charge in [-0.25, -0.2) is 0 Å². The monoisotopic (exact) mass is 424 g/mol. The molecule has 3 aromatic carbocycles. The van der Waals surface area contributed by atoms with Gasteiger partial charge >= 0.3 is 0 Å². The molecule has 4 heteroatoms. The average molecular weight is 425 g/mol. The van der Waals surface area contributed by atoms with Gasteiger partial charge in [-0.1, -0.05) is 48.5 Å². The van der Waals surface area contributed by atoms with E-state index >= 15 is 0 Å². The van der Waals surface area contributed by atoms with Crippen molar-refractivity contribution >= 4 is 23.2 Å². The molecule has 3 nitrogen and oxygen atoms in total. The van der Waals surface area contributed by atoms with E-state index in [1.165, 1.54) is 0 Å². The van der Waals surface area contributed by atoms with Crippen LogP contribution in [-0.2, 0) is 0 Å². The number of rotatable bonds is 5. The number of carbonyl (C=O) groups is 1. The number of thiophene rings is 1. The van der Waals surface area contributed by atoms with Gasteiger partial charge in [0.1, 0.15) is 17.2 Å². The number of methoxy groups -OCH3 is 1. The summed E-state index contributed by atoms with van der Waals surface area (Å²) in [5.74, 6) is 1.88. The number of hydrogen-bond donors (Lipinski definition) is 0. The molecule has 0 fully saturated rings. The van der Waals surface area contributed by atoms with Crippen LogP contribution in [0.5, 0.6) is 17.2 Å². The molecular weight excluding hydrogens is 404 g/mol. The van der Waals surface area contributed by atoms with E-state index in [2.05, 4.69) is 12.1 Å². The second-order valence-corrected chi connectivity index (χ2v) is 8.27. The molecule has 1 aliphatic carbocycles. The van der Waals surface area contributed by atoms with Crippen molar-refractivity contribution in [3.05, 3.63) is 117 Å². The fourth-order valence-corrected chi connectivity index (χ4v) is 4.68. The minimum atomic E-state index is -0.120. The number of carbonyl (C=O) groups excluding carboxylic acids is 1. The van der Waals surface area contributed by atoms with Crippen LogP contribution in [0.3, 0.4) is 0 Å². The first-order valence-electron chi connectivity index (χ1n) is 10.0. The lowest BCUT2D eigenvalue weighted by Gasteiger charge is -2.14. The predicted octanol–water partition coefficient (Wildman–Crippen LogP) is 6.96. The Labute approximate surface area is 185 Å². The predicted molar refractivity (Wildman–Crippen MR) is 124 cm³/mol. The van der Waals surface area contributed by atoms with Gasteiger partial charge in [-0.2, -0.15) is 0 Å². The Kier molecular flexibility index (Phi) is 5.14. The zero-order chi connectivity index (χ0) is 21.2. The quantitative estimate of drug-likeness (QED) is 0.325. The lowest BCUT2D eigenvalue weighted by molar-refractivity contribution is 0.103. The van der Waals surface area contributed by atoms with Gasteiger partial charge < -0.3 is 9.47 Å². The van der Waals surface area contributed by atoms with Gasteiger partial charge in [0, 0.05) is 16.4 Å². The second-order valence-electron chi connectivity index (χ2n) is 7.29. The van der Waals surface area contributed by atoms with Crippen LogP contribution in [0, 0.1) is 0 Å². The van der Waals surface area contributed by atoms with Crippen LogP contribution in [-0.4, -0.2) is 12.9 Å². The Hall–Kier alpha value is -3.63. The molecule has 31 heavy (non-hydrogen) atoms. The summed E-state index contributed by atoms with van der Waals surface area (Å²) in [6.45, 7) is 0. The van der Waals surface area contributed by atoms with Gasteiger partial charge in [0.15, 0.2) is 5.78 Å². The average Bonchev–Trinajstić information content (AvgIpc) is 3.42. The first-order chi connectivity index (χ1) is 15.2. The topological polar surface area (TPSA) is 35.5 Å². The van der Waals surface area contributed by atoms with E-state index in [9.17, 15) is 4.79 Å². The third-order valence-electron chi connectivity index (χ3n) is 5.43. The van der Waals surface area contributed by atoms with Gasteiger partial charge in [0.2, 0.25) is 0 Å². The molecule has 0 N–H and O–H groups in total. The highest BCUT2D eigenvalue weighted by atomic mass is 32.1. The molecule has 1 aromatic heterocycles. The summed E-state index contributed by atoms with van der Waals surface area (Å²) in [6.07, 6.45) is 2.02. The van der Waals surface area contributed by atoms with Crippen molar-refractivity contribution in [2.75, 3.05) is 7.11 Å². The molecule has 0 aliphatic heterocycles. The maximum atomic E-state index is 13.7. The molecule has 0 saturated carbocycles. The zero-order valence-electron chi connectivity index (χ0n) is 16.9. The van der Waals surface area contributed by atoms with Crippen LogP contribution in [0.4, 0.5) is 0 Å². The first kappa shape index (κ1) is 19.3. The molecule has 0 spiro atoms. The van der Waals surface area contributed by atoms with Gasteiger partial charge in [-0.15, -0.1) is 11.3 Å². The summed E-state index contributed by atoms with van der Waals surface area (Å²) in [7, 11) is 1.63. The summed E-state index contributed by atoms with van der Waals surface area (Å²) < 4.78 is 11.4. The summed E-state index contributed by atoms with van der Waals surface area (Å²) in [5.41, 5.74) is 3.48. The number of ether oxygens (including phenoxy) is 2. The maximum Gasteiger partial charge on any atom is 0.194 e. The van der Waals surface area contributed by atoms with Crippen molar-refractivity contribution < 1.29 is 14.3 Å². The summed E-state index contributed by atoms with van der Waals surface area (Å²) in [5, 5.41) is 2.02. The van der Waals surface area contributed by atoms with E-state index < -0.39 is 0 Å². The standard InChI is InChI=1S/C27H20O3S/c1-29-19-12-14-20(15-13-19)30-24-11-5-10-22-25(18-7-3-2-4-8-18)23(27(28)26(22)24)17-21-9-6-16-31-21/h2-17,25H,1H3/b23-17-. The van der Waals surface area contributed by atoms with Crippen LogP contribution in [0.1, 0.15) is 32.3 Å². The highest BCUT2D eigenvalue weighted by Gasteiger charge is 2.38. The largest absolute Gasteiger partial charge is 0.497 e. The summed E-state index contributed by atoms with van der Waals surface area (Å²) in [6, 6.07) is 27.4. The van der Waals surface area contributed by atoms with E-state index in [1.54, 1.807) is 18.4 Å². The highest BCUT2D eigenvalue weighted by Crippen LogP contribution is 2.47. The van der Waals surface area contributed by atoms with Crippen molar-refractivity contribution in [1.29, 1.82) is 0 Å². The normalized spacial score (nSPS) is 16.4. The zero-order valence-corrected chi connectivity index (χ0v) is 17.8. The number of benzene rings is 3. The van der Waals surface area contributed by atoms with Crippen molar-refractivity contribution in [3.63, 3.8) is 0 Å². The number of hydrogen-bond acceptors (Lipinski definition) is 4. The molecule has 1 heterocycles. The van der Waals surface area contributed by atoms with Gasteiger partial charge in [-0.3, -0.25) is 4.79 Å². The first-order valence-corrected chi connectivity index (χ1v) is 10.9. The van der Waals surface area contributed by atoms with E-state index in [4.69, 9.17) is 9.47 Å². The number of fused-ring (bicyclic) bond motifs is 1. The minimum Gasteiger partial charge on any atom is -0.497 e. The molecule has 0 radical (unpaired) electrons. The van der Waals surface area contributed by atoms with Gasteiger partial charge in [0.25, 0.3) is 0 Å². The van der Waals surface area contributed by atoms with Gasteiger partial charge in [0.05, 0.1) is 12.7 Å². The SMILES string of the molecule is COc1ccc(Oc2cccc3c2C(=O)/C(=C\c2cccs2)C3c2ccccc2)cc1. The van der Waals surface area contributed by atoms with E-state index in [1.807, 2.05) is 84.3 Å². The second kappa shape index (κ2) is 8.25. The molecule has 0 bridgehead atoms. The molecule has 0 amide bonds. The van der Waals surface area contributed by atoms with Gasteiger partial charge in [-0.05, 0) is 59.0 Å². The van der Waals surface area contributed by atoms with Crippen LogP contribution in [0.15, 0.2) is 95.9 Å². The van der Waals surface area contributed by atoms with E-state index in [0.29, 0.717) is 17.1 Å². The lowest BCUT2D eigenvalue weighted by atomic mass is 9.89. The summed E-state index contributed by atoms with van der Waals surface area (Å²) >= 11 is 1.63. The Morgan fingerprint density at radius 2 is 1.61 bits per heavy atom. The molecule has 5 rings (SSSR count). The number of ketones is 1. The smallest absolute Gasteiger partial charge is 0.194 e. The Morgan fingerprint density at radius 3 is 2.32 bits per heavy atom. The minimum absolute atomic E-state index is 0.0152. The molecule has 1 aliphatic rings. The third-order valence-corrected chi connectivity index (χ3v) is 6.25. The lowest BCUT2D eigenvalue weighted by Crippen LogP contribution is -2.02. The summed E-state index contributed by atoms with van der Waals surface area (Å²) in [4.78, 5) is 14.7. The van der Waals surface area contributed by atoms with Crippen molar-refractivity contribution in [1.82, 2.24) is 0 Å². The van der Waals surface area contributed by atoms with Crippen molar-refractivity contribution in [2.45, 2.75) is 5.92 Å². The molecule has 152 valence electrons. The van der Waals surface area contributed by atoms with Crippen LogP contribution in [0.2, 0.25) is 0 Å². The van der Waals surface area contributed by atoms with Crippen LogP contribution >= 0.6 is 11.3 Å². The van der Waals surface area contributed by atoms with E-state index in [0.717, 1.165) is 27.3 Å².